The number of benzene rings is 2. The molecule has 0 fully saturated rings. The first kappa shape index (κ1) is 15.2. The lowest BCUT2D eigenvalue weighted by Gasteiger charge is -2.09. The molecule has 0 aliphatic rings. The number of hydrogen-bond acceptors (Lipinski definition) is 4. The molecular weight excluding hydrogens is 292 g/mol. The molecule has 0 atom stereocenters. The smallest absolute Gasteiger partial charge is 0.235 e. The van der Waals surface area contributed by atoms with Gasteiger partial charge in [0.1, 0.15) is 11.3 Å². The van der Waals surface area contributed by atoms with Gasteiger partial charge in [-0.05, 0) is 30.7 Å². The Bertz CT molecular complexity index is 880. The number of para-hydroxylation sites is 1. The molecule has 1 heterocycles. The average Bonchev–Trinajstić information content (AvgIpc) is 2.59. The van der Waals surface area contributed by atoms with Gasteiger partial charge < -0.3 is 14.3 Å². The fraction of sp³-hybridized carbons (Fsp3) is 0.211. The molecule has 0 bridgehead atoms. The van der Waals surface area contributed by atoms with Crippen LogP contribution in [0.2, 0.25) is 0 Å². The maximum Gasteiger partial charge on any atom is 0.235 e. The van der Waals surface area contributed by atoms with E-state index in [0.29, 0.717) is 28.9 Å². The summed E-state index contributed by atoms with van der Waals surface area (Å²) in [4.78, 5) is 12.3. The molecule has 2 aromatic carbocycles. The lowest BCUT2D eigenvalue weighted by atomic mass is 10.1. The van der Waals surface area contributed by atoms with Crippen LogP contribution in [0.5, 0.6) is 11.5 Å². The van der Waals surface area contributed by atoms with Crippen LogP contribution in [0, 0.1) is 0 Å². The summed E-state index contributed by atoms with van der Waals surface area (Å²) in [6.07, 6.45) is 2.03. The van der Waals surface area contributed by atoms with Crippen molar-refractivity contribution in [1.29, 1.82) is 0 Å². The van der Waals surface area contributed by atoms with Crippen LogP contribution in [-0.4, -0.2) is 11.7 Å². The number of fused-ring (bicyclic) bond motifs is 1. The van der Waals surface area contributed by atoms with Crippen molar-refractivity contribution in [2.75, 3.05) is 6.61 Å². The molecule has 0 radical (unpaired) electrons. The van der Waals surface area contributed by atoms with Gasteiger partial charge >= 0.3 is 0 Å². The Morgan fingerprint density at radius 2 is 1.96 bits per heavy atom. The second kappa shape index (κ2) is 6.57. The van der Waals surface area contributed by atoms with Crippen molar-refractivity contribution in [3.05, 3.63) is 58.8 Å². The predicted molar refractivity (Wildman–Crippen MR) is 90.0 cm³/mol. The molecule has 0 saturated carbocycles. The standard InChI is InChI=1S/C19H18O4/c1-2-3-11-22-14-8-6-7-13(12-14)19-18(21)17(20)15-9-4-5-10-16(15)23-19/h4-10,12,21H,2-3,11H2,1H3. The highest BCUT2D eigenvalue weighted by Gasteiger charge is 2.15. The molecule has 1 N–H and O–H groups in total. The van der Waals surface area contributed by atoms with Crippen LogP contribution < -0.4 is 10.2 Å². The Balaban J connectivity index is 2.05. The number of hydrogen-bond donors (Lipinski definition) is 1. The van der Waals surface area contributed by atoms with Gasteiger partial charge in [0.05, 0.1) is 12.0 Å². The van der Waals surface area contributed by atoms with E-state index < -0.39 is 5.43 Å². The van der Waals surface area contributed by atoms with Crippen molar-refractivity contribution in [2.45, 2.75) is 19.8 Å². The summed E-state index contributed by atoms with van der Waals surface area (Å²) in [5.74, 6) is 0.468. The minimum Gasteiger partial charge on any atom is -0.502 e. The predicted octanol–water partition coefficient (Wildman–Crippen LogP) is 4.34. The van der Waals surface area contributed by atoms with Gasteiger partial charge in [0.2, 0.25) is 11.2 Å². The Hall–Kier alpha value is -2.75. The zero-order valence-electron chi connectivity index (χ0n) is 12.9. The zero-order chi connectivity index (χ0) is 16.2. The third kappa shape index (κ3) is 3.06. The molecule has 0 aliphatic carbocycles. The third-order valence-corrected chi connectivity index (χ3v) is 3.64. The van der Waals surface area contributed by atoms with Crippen LogP contribution in [0.15, 0.2) is 57.7 Å². The van der Waals surface area contributed by atoms with Gasteiger partial charge in [0, 0.05) is 5.56 Å². The fourth-order valence-corrected chi connectivity index (χ4v) is 2.39. The first-order valence-electron chi connectivity index (χ1n) is 7.68. The second-order valence-corrected chi connectivity index (χ2v) is 5.33. The molecule has 1 aromatic heterocycles. The first-order valence-corrected chi connectivity index (χ1v) is 7.68. The molecule has 3 aromatic rings. The Labute approximate surface area is 134 Å². The number of ether oxygens (including phenoxy) is 1. The van der Waals surface area contributed by atoms with Gasteiger partial charge in [0.15, 0.2) is 5.76 Å². The molecule has 23 heavy (non-hydrogen) atoms. The van der Waals surface area contributed by atoms with E-state index in [1.165, 1.54) is 0 Å². The van der Waals surface area contributed by atoms with Crippen molar-refractivity contribution < 1.29 is 14.3 Å². The van der Waals surface area contributed by atoms with E-state index in [4.69, 9.17) is 9.15 Å². The molecular formula is C19H18O4. The fourth-order valence-electron chi connectivity index (χ4n) is 2.39. The Kier molecular flexibility index (Phi) is 4.33. The Morgan fingerprint density at radius 3 is 2.78 bits per heavy atom. The van der Waals surface area contributed by atoms with E-state index in [-0.39, 0.29) is 11.5 Å². The van der Waals surface area contributed by atoms with E-state index >= 15 is 0 Å². The maximum absolute atomic E-state index is 12.3. The monoisotopic (exact) mass is 310 g/mol. The zero-order valence-corrected chi connectivity index (χ0v) is 12.9. The normalized spacial score (nSPS) is 10.8. The van der Waals surface area contributed by atoms with Gasteiger partial charge in [-0.15, -0.1) is 0 Å². The number of aromatic hydroxyl groups is 1. The minimum atomic E-state index is -0.431. The number of unbranched alkanes of at least 4 members (excludes halogenated alkanes) is 1. The maximum atomic E-state index is 12.3. The lowest BCUT2D eigenvalue weighted by molar-refractivity contribution is 0.309. The van der Waals surface area contributed by atoms with Crippen LogP contribution >= 0.6 is 0 Å². The highest BCUT2D eigenvalue weighted by Crippen LogP contribution is 2.31. The molecule has 0 spiro atoms. The summed E-state index contributed by atoms with van der Waals surface area (Å²) < 4.78 is 11.4. The van der Waals surface area contributed by atoms with E-state index in [0.717, 1.165) is 12.8 Å². The van der Waals surface area contributed by atoms with Crippen LogP contribution in [0.4, 0.5) is 0 Å². The minimum absolute atomic E-state index is 0.162. The van der Waals surface area contributed by atoms with Gasteiger partial charge in [-0.25, -0.2) is 0 Å². The van der Waals surface area contributed by atoms with Crippen molar-refractivity contribution in [3.63, 3.8) is 0 Å². The first-order chi connectivity index (χ1) is 11.2. The quantitative estimate of drug-likeness (QED) is 0.712. The molecule has 4 nitrogen and oxygen atoms in total. The highest BCUT2D eigenvalue weighted by atomic mass is 16.5. The lowest BCUT2D eigenvalue weighted by Crippen LogP contribution is -2.02. The van der Waals surface area contributed by atoms with Gasteiger partial charge in [-0.3, -0.25) is 4.79 Å². The van der Waals surface area contributed by atoms with Gasteiger partial charge in [-0.1, -0.05) is 37.6 Å². The molecule has 0 saturated heterocycles. The summed E-state index contributed by atoms with van der Waals surface area (Å²) in [5.41, 5.74) is 0.626. The molecule has 0 aliphatic heterocycles. The summed E-state index contributed by atoms with van der Waals surface area (Å²) >= 11 is 0. The van der Waals surface area contributed by atoms with Crippen molar-refractivity contribution in [3.8, 4) is 22.8 Å². The van der Waals surface area contributed by atoms with E-state index in [2.05, 4.69) is 6.92 Å². The number of rotatable bonds is 5. The van der Waals surface area contributed by atoms with Gasteiger partial charge in [0.25, 0.3) is 0 Å². The van der Waals surface area contributed by atoms with Crippen LogP contribution in [0.25, 0.3) is 22.3 Å². The molecule has 0 amide bonds. The molecule has 0 unspecified atom stereocenters. The van der Waals surface area contributed by atoms with E-state index in [9.17, 15) is 9.90 Å². The van der Waals surface area contributed by atoms with Gasteiger partial charge in [-0.2, -0.15) is 0 Å². The summed E-state index contributed by atoms with van der Waals surface area (Å²) in [6.45, 7) is 2.73. The van der Waals surface area contributed by atoms with Crippen molar-refractivity contribution >= 4 is 11.0 Å². The summed E-state index contributed by atoms with van der Waals surface area (Å²) in [6, 6.07) is 14.1. The third-order valence-electron chi connectivity index (χ3n) is 3.64. The van der Waals surface area contributed by atoms with Crippen molar-refractivity contribution in [2.24, 2.45) is 0 Å². The van der Waals surface area contributed by atoms with Crippen LogP contribution in [0.3, 0.4) is 0 Å². The van der Waals surface area contributed by atoms with E-state index in [1.54, 1.807) is 36.4 Å². The van der Waals surface area contributed by atoms with Crippen molar-refractivity contribution in [1.82, 2.24) is 0 Å². The second-order valence-electron chi connectivity index (χ2n) is 5.33. The Morgan fingerprint density at radius 1 is 1.13 bits per heavy atom. The largest absolute Gasteiger partial charge is 0.502 e. The SMILES string of the molecule is CCCCOc1cccc(-c2oc3ccccc3c(=O)c2O)c1. The molecule has 118 valence electrons. The summed E-state index contributed by atoms with van der Waals surface area (Å²) in [5, 5.41) is 10.6. The average molecular weight is 310 g/mol. The van der Waals surface area contributed by atoms with E-state index in [1.807, 2.05) is 12.1 Å². The van der Waals surface area contributed by atoms with Crippen LogP contribution in [-0.2, 0) is 0 Å². The summed E-state index contributed by atoms with van der Waals surface area (Å²) in [7, 11) is 0. The highest BCUT2D eigenvalue weighted by molar-refractivity contribution is 5.81. The van der Waals surface area contributed by atoms with Crippen LogP contribution in [0.1, 0.15) is 19.8 Å². The topological polar surface area (TPSA) is 59.7 Å². The molecule has 4 heteroatoms. The molecule has 3 rings (SSSR count).